The summed E-state index contributed by atoms with van der Waals surface area (Å²) >= 11 is 0. The average Bonchev–Trinajstić information content (AvgIpc) is 2.83. The molecule has 0 saturated carbocycles. The summed E-state index contributed by atoms with van der Waals surface area (Å²) in [6.07, 6.45) is 4.76. The van der Waals surface area contributed by atoms with E-state index in [1.165, 1.54) is 5.56 Å². The predicted octanol–water partition coefficient (Wildman–Crippen LogP) is 4.50. The molecule has 0 aromatic heterocycles. The van der Waals surface area contributed by atoms with Crippen molar-refractivity contribution in [2.75, 3.05) is 19.7 Å². The molecule has 178 valence electrons. The summed E-state index contributed by atoms with van der Waals surface area (Å²) in [5, 5.41) is 9.09. The number of para-hydroxylation sites is 1. The van der Waals surface area contributed by atoms with Gasteiger partial charge in [-0.3, -0.25) is 14.5 Å². The zero-order chi connectivity index (χ0) is 23.5. The lowest BCUT2D eigenvalue weighted by molar-refractivity contribution is -0.157. The van der Waals surface area contributed by atoms with Gasteiger partial charge in [0.25, 0.3) is 0 Å². The molecule has 1 aliphatic heterocycles. The van der Waals surface area contributed by atoms with Crippen molar-refractivity contribution < 1.29 is 24.2 Å². The third-order valence-electron chi connectivity index (χ3n) is 6.02. The average molecular weight is 454 g/mol. The highest BCUT2D eigenvalue weighted by Crippen LogP contribution is 2.21. The molecule has 3 rings (SSSR count). The number of likely N-dealkylation sites (tertiary alicyclic amines) is 1. The van der Waals surface area contributed by atoms with Crippen molar-refractivity contribution in [1.29, 1.82) is 0 Å². The predicted molar refractivity (Wildman–Crippen MR) is 127 cm³/mol. The second-order valence-corrected chi connectivity index (χ2v) is 8.70. The van der Waals surface area contributed by atoms with Crippen molar-refractivity contribution in [3.05, 3.63) is 65.7 Å². The lowest BCUT2D eigenvalue weighted by Crippen LogP contribution is -2.46. The summed E-state index contributed by atoms with van der Waals surface area (Å²) in [4.78, 5) is 26.0. The van der Waals surface area contributed by atoms with Crippen molar-refractivity contribution in [2.45, 2.75) is 64.0 Å². The van der Waals surface area contributed by atoms with Gasteiger partial charge in [0.1, 0.15) is 24.5 Å². The van der Waals surface area contributed by atoms with Crippen LogP contribution in [-0.4, -0.2) is 53.8 Å². The SMILES string of the molecule is CC(COc1ccccc1CCc1ccccc1)OC(=O)C(CCC(=O)O)N1CCCCC1. The quantitative estimate of drug-likeness (QED) is 0.477. The molecule has 0 spiro atoms. The molecule has 6 heteroatoms. The number of carbonyl (C=O) groups is 2. The van der Waals surface area contributed by atoms with Gasteiger partial charge in [-0.05, 0) is 69.3 Å². The Kier molecular flexibility index (Phi) is 9.76. The van der Waals surface area contributed by atoms with Crippen molar-refractivity contribution >= 4 is 11.9 Å². The number of rotatable bonds is 12. The Morgan fingerprint density at radius 3 is 2.39 bits per heavy atom. The first-order chi connectivity index (χ1) is 16.0. The molecule has 1 N–H and O–H groups in total. The summed E-state index contributed by atoms with van der Waals surface area (Å²) in [5.41, 5.74) is 2.40. The highest BCUT2D eigenvalue weighted by Gasteiger charge is 2.30. The Bertz CT molecular complexity index is 879. The number of ether oxygens (including phenoxy) is 2. The number of carbonyl (C=O) groups excluding carboxylic acids is 1. The Morgan fingerprint density at radius 2 is 1.67 bits per heavy atom. The van der Waals surface area contributed by atoms with E-state index >= 15 is 0 Å². The number of carboxylic acid groups (broad SMARTS) is 1. The zero-order valence-corrected chi connectivity index (χ0v) is 19.4. The normalized spacial score (nSPS) is 16.0. The number of nitrogens with zero attached hydrogens (tertiary/aromatic N) is 1. The first-order valence-corrected chi connectivity index (χ1v) is 11.9. The first kappa shape index (κ1) is 24.8. The molecule has 2 unspecified atom stereocenters. The van der Waals surface area contributed by atoms with E-state index in [0.29, 0.717) is 0 Å². The van der Waals surface area contributed by atoms with Crippen LogP contribution in [0.2, 0.25) is 0 Å². The number of hydrogen-bond donors (Lipinski definition) is 1. The summed E-state index contributed by atoms with van der Waals surface area (Å²) in [6, 6.07) is 17.8. The second kappa shape index (κ2) is 13.0. The van der Waals surface area contributed by atoms with Crippen LogP contribution in [0.5, 0.6) is 5.75 Å². The standard InChI is InChI=1S/C27H35NO5/c1-21(33-27(31)24(16-17-26(29)30)28-18-8-3-9-19-28)20-32-25-13-7-6-12-23(25)15-14-22-10-4-2-5-11-22/h2,4-7,10-13,21,24H,3,8-9,14-20H2,1H3,(H,29,30). The summed E-state index contributed by atoms with van der Waals surface area (Å²) < 4.78 is 11.7. The van der Waals surface area contributed by atoms with Crippen LogP contribution in [0.15, 0.2) is 54.6 Å². The molecule has 1 saturated heterocycles. The molecule has 0 radical (unpaired) electrons. The summed E-state index contributed by atoms with van der Waals surface area (Å²) in [5.74, 6) is -0.449. The maximum absolute atomic E-state index is 12.9. The molecule has 1 heterocycles. The van der Waals surface area contributed by atoms with E-state index in [1.54, 1.807) is 0 Å². The monoisotopic (exact) mass is 453 g/mol. The fraction of sp³-hybridized carbons (Fsp3) is 0.481. The minimum Gasteiger partial charge on any atom is -0.489 e. The van der Waals surface area contributed by atoms with Gasteiger partial charge in [-0.15, -0.1) is 0 Å². The van der Waals surface area contributed by atoms with Crippen LogP contribution < -0.4 is 4.74 Å². The van der Waals surface area contributed by atoms with Crippen LogP contribution in [0, 0.1) is 0 Å². The lowest BCUT2D eigenvalue weighted by Gasteiger charge is -2.33. The smallest absolute Gasteiger partial charge is 0.323 e. The van der Waals surface area contributed by atoms with Gasteiger partial charge >= 0.3 is 11.9 Å². The van der Waals surface area contributed by atoms with Crippen LogP contribution in [-0.2, 0) is 27.2 Å². The molecular weight excluding hydrogens is 418 g/mol. The topological polar surface area (TPSA) is 76.1 Å². The number of carboxylic acids is 1. The van der Waals surface area contributed by atoms with Gasteiger partial charge in [-0.25, -0.2) is 0 Å². The number of esters is 1. The molecule has 2 aromatic rings. The molecule has 2 aromatic carbocycles. The number of aliphatic carboxylic acids is 1. The summed E-state index contributed by atoms with van der Waals surface area (Å²) in [6.45, 7) is 3.67. The molecule has 0 amide bonds. The van der Waals surface area contributed by atoms with Gasteiger partial charge in [0.15, 0.2) is 0 Å². The fourth-order valence-corrected chi connectivity index (χ4v) is 4.23. The molecular formula is C27H35NO5. The minimum atomic E-state index is -0.895. The maximum Gasteiger partial charge on any atom is 0.323 e. The molecule has 0 aliphatic carbocycles. The van der Waals surface area contributed by atoms with E-state index < -0.39 is 18.1 Å². The fourth-order valence-electron chi connectivity index (χ4n) is 4.23. The van der Waals surface area contributed by atoms with Gasteiger partial charge < -0.3 is 14.6 Å². The maximum atomic E-state index is 12.9. The number of benzene rings is 2. The largest absolute Gasteiger partial charge is 0.489 e. The van der Waals surface area contributed by atoms with Crippen molar-refractivity contribution in [3.63, 3.8) is 0 Å². The third kappa shape index (κ3) is 8.21. The highest BCUT2D eigenvalue weighted by atomic mass is 16.6. The Hall–Kier alpha value is -2.86. The molecule has 0 bridgehead atoms. The van der Waals surface area contributed by atoms with Gasteiger partial charge in [-0.2, -0.15) is 0 Å². The van der Waals surface area contributed by atoms with E-state index in [-0.39, 0.29) is 25.4 Å². The summed E-state index contributed by atoms with van der Waals surface area (Å²) in [7, 11) is 0. The van der Waals surface area contributed by atoms with Gasteiger partial charge in [0.05, 0.1) is 0 Å². The van der Waals surface area contributed by atoms with Crippen LogP contribution in [0.1, 0.15) is 50.2 Å². The van der Waals surface area contributed by atoms with Crippen molar-refractivity contribution in [1.82, 2.24) is 4.90 Å². The number of piperidine rings is 1. The minimum absolute atomic E-state index is 0.0457. The number of aryl methyl sites for hydroxylation is 2. The van der Waals surface area contributed by atoms with Gasteiger partial charge in [0.2, 0.25) is 0 Å². The number of hydrogen-bond acceptors (Lipinski definition) is 5. The molecule has 1 aliphatic rings. The second-order valence-electron chi connectivity index (χ2n) is 8.70. The lowest BCUT2D eigenvalue weighted by atomic mass is 10.0. The van der Waals surface area contributed by atoms with E-state index in [4.69, 9.17) is 14.6 Å². The Balaban J connectivity index is 1.53. The first-order valence-electron chi connectivity index (χ1n) is 11.9. The highest BCUT2D eigenvalue weighted by molar-refractivity contribution is 5.77. The van der Waals surface area contributed by atoms with Gasteiger partial charge in [-0.1, -0.05) is 55.0 Å². The third-order valence-corrected chi connectivity index (χ3v) is 6.02. The van der Waals surface area contributed by atoms with E-state index in [0.717, 1.165) is 56.5 Å². The van der Waals surface area contributed by atoms with Crippen molar-refractivity contribution in [2.24, 2.45) is 0 Å². The van der Waals surface area contributed by atoms with E-state index in [1.807, 2.05) is 43.3 Å². The van der Waals surface area contributed by atoms with E-state index in [2.05, 4.69) is 23.1 Å². The van der Waals surface area contributed by atoms with Gasteiger partial charge in [0, 0.05) is 6.42 Å². The molecule has 2 atom stereocenters. The van der Waals surface area contributed by atoms with E-state index in [9.17, 15) is 9.59 Å². The Labute approximate surface area is 196 Å². The van der Waals surface area contributed by atoms with Crippen LogP contribution in [0.3, 0.4) is 0 Å². The molecule has 6 nitrogen and oxygen atoms in total. The molecule has 33 heavy (non-hydrogen) atoms. The molecule has 1 fully saturated rings. The van der Waals surface area contributed by atoms with Crippen LogP contribution in [0.25, 0.3) is 0 Å². The van der Waals surface area contributed by atoms with Crippen LogP contribution >= 0.6 is 0 Å². The van der Waals surface area contributed by atoms with Crippen LogP contribution in [0.4, 0.5) is 0 Å². The van der Waals surface area contributed by atoms with Crippen molar-refractivity contribution in [3.8, 4) is 5.75 Å². The zero-order valence-electron chi connectivity index (χ0n) is 19.4. The Morgan fingerprint density at radius 1 is 0.970 bits per heavy atom.